The van der Waals surface area contributed by atoms with Crippen LogP contribution in [0.4, 0.5) is 0 Å². The Morgan fingerprint density at radius 3 is 1.82 bits per heavy atom. The number of sulfonamides is 2. The van der Waals surface area contributed by atoms with Crippen molar-refractivity contribution in [1.82, 2.24) is 8.15 Å². The molecule has 1 saturated carbocycles. The molecule has 2 aromatic rings. The van der Waals surface area contributed by atoms with E-state index in [0.29, 0.717) is 0 Å². The third kappa shape index (κ3) is 5.10. The van der Waals surface area contributed by atoms with E-state index < -0.39 is 28.3 Å². The summed E-state index contributed by atoms with van der Waals surface area (Å²) in [4.78, 5) is 0.401. The van der Waals surface area contributed by atoms with Gasteiger partial charge in [0.1, 0.15) is 0 Å². The third-order valence-corrected chi connectivity index (χ3v) is 14.2. The SMILES string of the molecule is CN(P([C@@H]1C=CCC1)N(C1CCCCC1)S(=O)(=O)c1ccccc1)S(=O)(=O)c1ccccc1. The monoisotopic (exact) mass is 506 g/mol. The summed E-state index contributed by atoms with van der Waals surface area (Å²) < 4.78 is 58.5. The van der Waals surface area contributed by atoms with E-state index in [2.05, 4.69) is 0 Å². The zero-order valence-corrected chi connectivity index (χ0v) is 21.4. The average Bonchev–Trinajstić information content (AvgIpc) is 3.38. The molecule has 0 saturated heterocycles. The quantitative estimate of drug-likeness (QED) is 0.357. The molecule has 6 nitrogen and oxygen atoms in total. The molecule has 1 fully saturated rings. The van der Waals surface area contributed by atoms with Crippen molar-refractivity contribution in [2.24, 2.45) is 0 Å². The fourth-order valence-electron chi connectivity index (χ4n) is 4.62. The molecule has 2 atom stereocenters. The highest BCUT2D eigenvalue weighted by atomic mass is 32.2. The Bertz CT molecular complexity index is 1170. The van der Waals surface area contributed by atoms with E-state index in [1.165, 1.54) is 4.08 Å². The Balaban J connectivity index is 1.85. The lowest BCUT2D eigenvalue weighted by Crippen LogP contribution is -2.44. The second-order valence-electron chi connectivity index (χ2n) is 8.53. The van der Waals surface area contributed by atoms with E-state index in [-0.39, 0.29) is 21.5 Å². The van der Waals surface area contributed by atoms with Gasteiger partial charge >= 0.3 is 0 Å². The van der Waals surface area contributed by atoms with E-state index in [9.17, 15) is 16.8 Å². The molecule has 0 aliphatic heterocycles. The maximum Gasteiger partial charge on any atom is 0.247 e. The van der Waals surface area contributed by atoms with Gasteiger partial charge < -0.3 is 0 Å². The van der Waals surface area contributed by atoms with Gasteiger partial charge in [0.25, 0.3) is 0 Å². The maximum absolute atomic E-state index is 14.1. The molecule has 178 valence electrons. The van der Waals surface area contributed by atoms with Gasteiger partial charge in [-0.1, -0.05) is 67.8 Å². The minimum atomic E-state index is -3.90. The van der Waals surface area contributed by atoms with Gasteiger partial charge in [0.15, 0.2) is 0 Å². The van der Waals surface area contributed by atoms with Crippen LogP contribution in [-0.4, -0.2) is 43.7 Å². The maximum atomic E-state index is 14.1. The fraction of sp³-hybridized carbons (Fsp3) is 0.417. The summed E-state index contributed by atoms with van der Waals surface area (Å²) in [6.45, 7) is 0. The zero-order chi connectivity index (χ0) is 23.5. The Kier molecular flexibility index (Phi) is 7.71. The third-order valence-electron chi connectivity index (χ3n) is 6.34. The molecule has 33 heavy (non-hydrogen) atoms. The number of nitrogens with zero attached hydrogens (tertiary/aromatic N) is 2. The molecule has 9 heteroatoms. The summed E-state index contributed by atoms with van der Waals surface area (Å²) in [5.41, 5.74) is -0.149. The van der Waals surface area contributed by atoms with Gasteiger partial charge in [0.05, 0.1) is 18.0 Å². The number of hydrogen-bond donors (Lipinski definition) is 0. The van der Waals surface area contributed by atoms with E-state index >= 15 is 0 Å². The molecule has 4 rings (SSSR count). The number of allylic oxidation sites excluding steroid dienone is 2. The molecule has 0 aromatic heterocycles. The first-order chi connectivity index (χ1) is 15.8. The van der Waals surface area contributed by atoms with Crippen molar-refractivity contribution in [3.8, 4) is 0 Å². The van der Waals surface area contributed by atoms with Gasteiger partial charge in [-0.25, -0.2) is 16.8 Å². The van der Waals surface area contributed by atoms with Crippen LogP contribution in [0.1, 0.15) is 44.9 Å². The first-order valence-electron chi connectivity index (χ1n) is 11.4. The van der Waals surface area contributed by atoms with E-state index in [1.54, 1.807) is 71.8 Å². The molecule has 1 unspecified atom stereocenters. The molecule has 2 aliphatic rings. The van der Waals surface area contributed by atoms with Crippen LogP contribution in [0.25, 0.3) is 0 Å². The highest BCUT2D eigenvalue weighted by Crippen LogP contribution is 2.58. The molecular weight excluding hydrogens is 475 g/mol. The predicted molar refractivity (Wildman–Crippen MR) is 133 cm³/mol. The largest absolute Gasteiger partial charge is 0.247 e. The number of rotatable bonds is 8. The lowest BCUT2D eigenvalue weighted by molar-refractivity contribution is 0.333. The van der Waals surface area contributed by atoms with E-state index in [4.69, 9.17) is 0 Å². The van der Waals surface area contributed by atoms with Gasteiger partial charge in [-0.2, -0.15) is 8.15 Å². The van der Waals surface area contributed by atoms with Gasteiger partial charge in [-0.05, 0) is 49.9 Å². The van der Waals surface area contributed by atoms with Crippen LogP contribution in [0.3, 0.4) is 0 Å². The van der Waals surface area contributed by atoms with Crippen LogP contribution < -0.4 is 0 Å². The van der Waals surface area contributed by atoms with Crippen LogP contribution in [0.2, 0.25) is 0 Å². The molecular formula is C24H31N2O4PS2. The molecule has 0 bridgehead atoms. The fourth-order valence-corrected chi connectivity index (χ4v) is 12.7. The van der Waals surface area contributed by atoms with Gasteiger partial charge in [-0.3, -0.25) is 0 Å². The highest BCUT2D eigenvalue weighted by Gasteiger charge is 2.46. The van der Waals surface area contributed by atoms with Crippen LogP contribution in [0.15, 0.2) is 82.6 Å². The van der Waals surface area contributed by atoms with Crippen LogP contribution in [-0.2, 0) is 20.0 Å². The van der Waals surface area contributed by atoms with Crippen molar-refractivity contribution >= 4 is 28.3 Å². The average molecular weight is 507 g/mol. The van der Waals surface area contributed by atoms with Gasteiger partial charge in [0.2, 0.25) is 20.0 Å². The van der Waals surface area contributed by atoms with Crippen molar-refractivity contribution in [2.45, 2.75) is 66.4 Å². The molecule has 0 heterocycles. The lowest BCUT2D eigenvalue weighted by Gasteiger charge is -2.43. The van der Waals surface area contributed by atoms with Crippen LogP contribution in [0.5, 0.6) is 0 Å². The first kappa shape index (κ1) is 24.6. The Morgan fingerprint density at radius 1 is 0.758 bits per heavy atom. The topological polar surface area (TPSA) is 74.8 Å². The minimum absolute atomic E-state index is 0.149. The summed E-state index contributed by atoms with van der Waals surface area (Å²) in [5.74, 6) is 0. The normalized spacial score (nSPS) is 21.0. The lowest BCUT2D eigenvalue weighted by atomic mass is 9.96. The molecule has 2 aromatic carbocycles. The summed E-state index contributed by atoms with van der Waals surface area (Å²) >= 11 is 0. The first-order valence-corrected chi connectivity index (χ1v) is 15.6. The molecule has 0 N–H and O–H groups in total. The van der Waals surface area contributed by atoms with Gasteiger partial charge in [-0.15, -0.1) is 0 Å². The van der Waals surface area contributed by atoms with Crippen molar-refractivity contribution < 1.29 is 16.8 Å². The second-order valence-corrected chi connectivity index (χ2v) is 15.2. The van der Waals surface area contributed by atoms with Crippen molar-refractivity contribution in [2.75, 3.05) is 7.05 Å². The minimum Gasteiger partial charge on any atom is -0.207 e. The highest BCUT2D eigenvalue weighted by molar-refractivity contribution is 7.99. The molecule has 0 radical (unpaired) electrons. The van der Waals surface area contributed by atoms with Crippen molar-refractivity contribution in [1.29, 1.82) is 0 Å². The summed E-state index contributed by atoms with van der Waals surface area (Å²) in [6.07, 6.45) is 10.1. The van der Waals surface area contributed by atoms with Crippen LogP contribution >= 0.6 is 8.22 Å². The summed E-state index contributed by atoms with van der Waals surface area (Å²) in [7, 11) is -7.96. The molecule has 0 spiro atoms. The van der Waals surface area contributed by atoms with Crippen molar-refractivity contribution in [3.63, 3.8) is 0 Å². The standard InChI is InChI=1S/C24H31N2O4PS2/c1-25(32(27,28)23-17-7-3-8-18-23)31(22-15-11-12-16-22)26(21-13-5-2-6-14-21)33(29,30)24-19-9-4-10-20-24/h3-4,7-11,15,17-22H,2,5-6,12-14,16H2,1H3/t22-,31?/m1/s1. The van der Waals surface area contributed by atoms with Crippen molar-refractivity contribution in [3.05, 3.63) is 72.8 Å². The van der Waals surface area contributed by atoms with E-state index in [1.807, 2.05) is 12.2 Å². The molecule has 0 amide bonds. The van der Waals surface area contributed by atoms with E-state index in [0.717, 1.165) is 44.9 Å². The zero-order valence-electron chi connectivity index (χ0n) is 18.8. The van der Waals surface area contributed by atoms with Crippen LogP contribution in [0, 0.1) is 0 Å². The Hall–Kier alpha value is -1.57. The summed E-state index contributed by atoms with van der Waals surface area (Å²) in [5, 5.41) is 0. The number of hydrogen-bond acceptors (Lipinski definition) is 4. The second kappa shape index (κ2) is 10.4. The number of benzene rings is 2. The smallest absolute Gasteiger partial charge is 0.207 e. The summed E-state index contributed by atoms with van der Waals surface area (Å²) in [6, 6.07) is 16.5. The Morgan fingerprint density at radius 2 is 1.30 bits per heavy atom. The Labute approximate surface area is 199 Å². The van der Waals surface area contributed by atoms with Gasteiger partial charge in [0, 0.05) is 18.7 Å². The molecule has 2 aliphatic carbocycles. The predicted octanol–water partition coefficient (Wildman–Crippen LogP) is 5.36.